The highest BCUT2D eigenvalue weighted by Crippen LogP contribution is 2.23. The highest BCUT2D eigenvalue weighted by Gasteiger charge is 2.08. The molecule has 0 amide bonds. The van der Waals surface area contributed by atoms with E-state index in [2.05, 4.69) is 5.32 Å². The van der Waals surface area contributed by atoms with Gasteiger partial charge in [-0.15, -0.1) is 0 Å². The van der Waals surface area contributed by atoms with Gasteiger partial charge in [0.15, 0.2) is 0 Å². The lowest BCUT2D eigenvalue weighted by Gasteiger charge is -2.09. The third kappa shape index (κ3) is 2.60. The normalized spacial score (nSPS) is 10.7. The van der Waals surface area contributed by atoms with Crippen molar-refractivity contribution in [1.29, 1.82) is 0 Å². The van der Waals surface area contributed by atoms with Crippen LogP contribution in [0.15, 0.2) is 53.1 Å². The summed E-state index contributed by atoms with van der Waals surface area (Å²) in [5.74, 6) is -0.924. The first-order valence-corrected chi connectivity index (χ1v) is 6.68. The van der Waals surface area contributed by atoms with E-state index in [9.17, 15) is 4.79 Å². The molecule has 0 saturated heterocycles. The monoisotopic (exact) mass is 281 g/mol. The number of aromatic carboxylic acids is 1. The molecule has 0 saturated carbocycles. The third-order valence-electron chi connectivity index (χ3n) is 3.51. The molecule has 4 heteroatoms. The smallest absolute Gasteiger partial charge is 0.335 e. The van der Waals surface area contributed by atoms with Crippen LogP contribution in [-0.2, 0) is 6.54 Å². The molecule has 0 aliphatic rings. The van der Waals surface area contributed by atoms with Crippen molar-refractivity contribution in [3.63, 3.8) is 0 Å². The number of carboxylic acids is 1. The molecule has 4 nitrogen and oxygen atoms in total. The van der Waals surface area contributed by atoms with E-state index in [1.807, 2.05) is 31.2 Å². The van der Waals surface area contributed by atoms with Crippen LogP contribution in [0.25, 0.3) is 11.0 Å². The predicted molar refractivity (Wildman–Crippen MR) is 81.7 cm³/mol. The van der Waals surface area contributed by atoms with Crippen LogP contribution in [0, 0.1) is 6.92 Å². The number of benzene rings is 2. The van der Waals surface area contributed by atoms with Gasteiger partial charge in [0, 0.05) is 23.2 Å². The Balaban J connectivity index is 1.84. The Hall–Kier alpha value is -2.75. The zero-order valence-electron chi connectivity index (χ0n) is 11.6. The second-order valence-corrected chi connectivity index (χ2v) is 4.95. The second-order valence-electron chi connectivity index (χ2n) is 4.95. The molecule has 0 fully saturated rings. The van der Waals surface area contributed by atoms with Crippen molar-refractivity contribution in [2.45, 2.75) is 13.5 Å². The Kier molecular flexibility index (Phi) is 3.36. The Morgan fingerprint density at radius 2 is 2.05 bits per heavy atom. The summed E-state index contributed by atoms with van der Waals surface area (Å²) in [6.45, 7) is 2.53. The molecule has 0 spiro atoms. The summed E-state index contributed by atoms with van der Waals surface area (Å²) in [4.78, 5) is 11.0. The summed E-state index contributed by atoms with van der Waals surface area (Å²) in [5, 5.41) is 13.4. The molecule has 3 aromatic rings. The molecule has 0 aliphatic carbocycles. The highest BCUT2D eigenvalue weighted by molar-refractivity contribution is 5.89. The Labute approximate surface area is 122 Å². The zero-order valence-corrected chi connectivity index (χ0v) is 11.6. The number of anilines is 1. The van der Waals surface area contributed by atoms with E-state index < -0.39 is 5.97 Å². The van der Waals surface area contributed by atoms with Crippen LogP contribution in [0.5, 0.6) is 0 Å². The molecule has 1 aromatic heterocycles. The van der Waals surface area contributed by atoms with Gasteiger partial charge in [-0.05, 0) is 30.7 Å². The van der Waals surface area contributed by atoms with Crippen molar-refractivity contribution in [1.82, 2.24) is 0 Å². The first kappa shape index (κ1) is 13.2. The topological polar surface area (TPSA) is 62.5 Å². The van der Waals surface area contributed by atoms with E-state index >= 15 is 0 Å². The maximum atomic E-state index is 11.0. The van der Waals surface area contributed by atoms with E-state index in [1.54, 1.807) is 24.5 Å². The predicted octanol–water partition coefficient (Wildman–Crippen LogP) is 4.05. The van der Waals surface area contributed by atoms with Crippen molar-refractivity contribution in [3.8, 4) is 0 Å². The van der Waals surface area contributed by atoms with Gasteiger partial charge >= 0.3 is 5.97 Å². The summed E-state index contributed by atoms with van der Waals surface area (Å²) in [7, 11) is 0. The lowest BCUT2D eigenvalue weighted by atomic mass is 10.1. The zero-order chi connectivity index (χ0) is 14.8. The van der Waals surface area contributed by atoms with E-state index in [4.69, 9.17) is 9.52 Å². The van der Waals surface area contributed by atoms with Gasteiger partial charge in [0.2, 0.25) is 0 Å². The fourth-order valence-corrected chi connectivity index (χ4v) is 2.31. The van der Waals surface area contributed by atoms with Crippen molar-refractivity contribution >= 4 is 22.6 Å². The van der Waals surface area contributed by atoms with Crippen molar-refractivity contribution in [2.75, 3.05) is 5.32 Å². The minimum absolute atomic E-state index is 0.278. The molecule has 21 heavy (non-hydrogen) atoms. The number of hydrogen-bond acceptors (Lipinski definition) is 3. The van der Waals surface area contributed by atoms with Crippen LogP contribution in [-0.4, -0.2) is 11.1 Å². The minimum atomic E-state index is -0.924. The lowest BCUT2D eigenvalue weighted by molar-refractivity contribution is 0.0697. The fraction of sp³-hybridized carbons (Fsp3) is 0.118. The van der Waals surface area contributed by atoms with E-state index in [0.29, 0.717) is 6.54 Å². The molecule has 0 atom stereocenters. The molecule has 0 radical (unpaired) electrons. The maximum absolute atomic E-state index is 11.0. The number of aryl methyl sites for hydroxylation is 1. The van der Waals surface area contributed by atoms with Gasteiger partial charge in [0.25, 0.3) is 0 Å². The van der Waals surface area contributed by atoms with Crippen LogP contribution in [0.4, 0.5) is 5.69 Å². The number of para-hydroxylation sites is 1. The van der Waals surface area contributed by atoms with Gasteiger partial charge in [-0.25, -0.2) is 4.79 Å². The fourth-order valence-electron chi connectivity index (χ4n) is 2.31. The van der Waals surface area contributed by atoms with Crippen LogP contribution in [0.3, 0.4) is 0 Å². The Morgan fingerprint density at radius 3 is 2.86 bits per heavy atom. The quantitative estimate of drug-likeness (QED) is 0.757. The Bertz CT molecular complexity index is 805. The summed E-state index contributed by atoms with van der Waals surface area (Å²) in [5.41, 5.74) is 4.00. The van der Waals surface area contributed by atoms with Crippen LogP contribution in [0.1, 0.15) is 21.5 Å². The number of carboxylic acid groups (broad SMARTS) is 1. The molecular weight excluding hydrogens is 266 g/mol. The van der Waals surface area contributed by atoms with Crippen LogP contribution >= 0.6 is 0 Å². The van der Waals surface area contributed by atoms with Gasteiger partial charge in [-0.3, -0.25) is 0 Å². The first-order valence-electron chi connectivity index (χ1n) is 6.68. The van der Waals surface area contributed by atoms with Crippen LogP contribution in [0.2, 0.25) is 0 Å². The molecule has 0 unspecified atom stereocenters. The van der Waals surface area contributed by atoms with E-state index in [1.165, 1.54) is 0 Å². The van der Waals surface area contributed by atoms with Crippen molar-refractivity contribution in [2.24, 2.45) is 0 Å². The van der Waals surface area contributed by atoms with E-state index in [-0.39, 0.29) is 5.56 Å². The van der Waals surface area contributed by atoms with Gasteiger partial charge in [0.1, 0.15) is 5.58 Å². The summed E-state index contributed by atoms with van der Waals surface area (Å²) >= 11 is 0. The van der Waals surface area contributed by atoms with Crippen LogP contribution < -0.4 is 5.32 Å². The lowest BCUT2D eigenvalue weighted by Crippen LogP contribution is -2.03. The molecular formula is C17H15NO3. The molecule has 0 bridgehead atoms. The average molecular weight is 281 g/mol. The second kappa shape index (κ2) is 5.32. The van der Waals surface area contributed by atoms with Gasteiger partial charge in [0.05, 0.1) is 11.8 Å². The van der Waals surface area contributed by atoms with E-state index in [0.717, 1.165) is 27.8 Å². The molecule has 0 aliphatic heterocycles. The third-order valence-corrected chi connectivity index (χ3v) is 3.51. The van der Waals surface area contributed by atoms with Crippen molar-refractivity contribution in [3.05, 3.63) is 65.4 Å². The number of nitrogens with one attached hydrogen (secondary N) is 1. The highest BCUT2D eigenvalue weighted by atomic mass is 16.4. The van der Waals surface area contributed by atoms with Gasteiger partial charge in [-0.2, -0.15) is 0 Å². The molecule has 1 heterocycles. The SMILES string of the molecule is Cc1ccc(C(=O)O)cc1NCc1coc2ccccc12. The van der Waals surface area contributed by atoms with Crippen molar-refractivity contribution < 1.29 is 14.3 Å². The molecule has 2 N–H and O–H groups in total. The Morgan fingerprint density at radius 1 is 1.24 bits per heavy atom. The molecule has 2 aromatic carbocycles. The molecule has 106 valence electrons. The minimum Gasteiger partial charge on any atom is -0.478 e. The summed E-state index contributed by atoms with van der Waals surface area (Å²) < 4.78 is 5.50. The standard InChI is InChI=1S/C17H15NO3/c1-11-6-7-12(17(19)20)8-15(11)18-9-13-10-21-16-5-3-2-4-14(13)16/h2-8,10,18H,9H2,1H3,(H,19,20). The maximum Gasteiger partial charge on any atom is 0.335 e. The summed E-state index contributed by atoms with van der Waals surface area (Å²) in [6, 6.07) is 12.9. The first-order chi connectivity index (χ1) is 10.1. The number of hydrogen-bond donors (Lipinski definition) is 2. The average Bonchev–Trinajstić information content (AvgIpc) is 2.89. The number of furan rings is 1. The van der Waals surface area contributed by atoms with Gasteiger partial charge < -0.3 is 14.8 Å². The number of fused-ring (bicyclic) bond motifs is 1. The largest absolute Gasteiger partial charge is 0.478 e. The number of rotatable bonds is 4. The number of carbonyl (C=O) groups is 1. The van der Waals surface area contributed by atoms with Gasteiger partial charge in [-0.1, -0.05) is 24.3 Å². The molecule has 3 rings (SSSR count). The summed E-state index contributed by atoms with van der Waals surface area (Å²) in [6.07, 6.45) is 1.73.